The Labute approximate surface area is 171 Å². The highest BCUT2D eigenvalue weighted by Gasteiger charge is 2.34. The van der Waals surface area contributed by atoms with Crippen LogP contribution in [0.5, 0.6) is 5.88 Å². The zero-order valence-corrected chi connectivity index (χ0v) is 17.1. The van der Waals surface area contributed by atoms with E-state index < -0.39 is 6.03 Å². The first kappa shape index (κ1) is 21.0. The third kappa shape index (κ3) is 5.66. The van der Waals surface area contributed by atoms with Crippen molar-refractivity contribution in [3.63, 3.8) is 0 Å². The lowest BCUT2D eigenvalue weighted by atomic mass is 9.97. The number of carbonyl (C=O) groups excluding carboxylic acids is 3. The zero-order valence-electron chi connectivity index (χ0n) is 17.1. The van der Waals surface area contributed by atoms with E-state index in [1.165, 1.54) is 4.90 Å². The molecule has 0 bridgehead atoms. The van der Waals surface area contributed by atoms with E-state index in [9.17, 15) is 14.4 Å². The van der Waals surface area contributed by atoms with Gasteiger partial charge in [-0.3, -0.25) is 19.4 Å². The van der Waals surface area contributed by atoms with Gasteiger partial charge in [-0.25, -0.2) is 9.78 Å². The van der Waals surface area contributed by atoms with Crippen LogP contribution in [0.15, 0.2) is 18.3 Å². The second-order valence-electron chi connectivity index (χ2n) is 7.60. The van der Waals surface area contributed by atoms with Gasteiger partial charge >= 0.3 is 6.03 Å². The molecule has 9 heteroatoms. The molecule has 9 nitrogen and oxygen atoms in total. The van der Waals surface area contributed by atoms with Crippen molar-refractivity contribution in [1.82, 2.24) is 25.0 Å². The van der Waals surface area contributed by atoms with Crippen molar-refractivity contribution >= 4 is 17.8 Å². The van der Waals surface area contributed by atoms with Crippen LogP contribution < -0.4 is 10.1 Å². The van der Waals surface area contributed by atoms with Crippen molar-refractivity contribution < 1.29 is 19.1 Å². The fraction of sp³-hybridized carbons (Fsp3) is 0.600. The number of hydrogen-bond donors (Lipinski definition) is 1. The number of likely N-dealkylation sites (tertiary alicyclic amines) is 1. The normalized spacial score (nSPS) is 20.3. The highest BCUT2D eigenvalue weighted by molar-refractivity contribution is 6.04. The largest absolute Gasteiger partial charge is 0.478 e. The molecule has 0 saturated carbocycles. The Morgan fingerprint density at radius 3 is 2.83 bits per heavy atom. The number of pyridine rings is 1. The average Bonchev–Trinajstić information content (AvgIpc) is 2.94. The minimum absolute atomic E-state index is 0.0318. The summed E-state index contributed by atoms with van der Waals surface area (Å²) in [6.07, 6.45) is 3.96. The van der Waals surface area contributed by atoms with Gasteiger partial charge in [0.2, 0.25) is 11.8 Å². The Bertz CT molecular complexity index is 739. The van der Waals surface area contributed by atoms with Crippen molar-refractivity contribution in [3.05, 3.63) is 23.9 Å². The van der Waals surface area contributed by atoms with Crippen LogP contribution in [-0.4, -0.2) is 83.9 Å². The number of ether oxygens (including phenoxy) is 1. The van der Waals surface area contributed by atoms with Crippen LogP contribution >= 0.6 is 0 Å². The van der Waals surface area contributed by atoms with Gasteiger partial charge in [0.1, 0.15) is 13.1 Å². The van der Waals surface area contributed by atoms with Gasteiger partial charge < -0.3 is 15.0 Å². The van der Waals surface area contributed by atoms with Gasteiger partial charge in [0, 0.05) is 38.9 Å². The fourth-order valence-electron chi connectivity index (χ4n) is 3.74. The lowest BCUT2D eigenvalue weighted by Gasteiger charge is -2.32. The Balaban J connectivity index is 1.43. The number of amides is 4. The number of carbonyl (C=O) groups is 3. The molecule has 3 heterocycles. The molecule has 0 spiro atoms. The van der Waals surface area contributed by atoms with E-state index in [1.54, 1.807) is 7.05 Å². The number of imide groups is 1. The third-order valence-electron chi connectivity index (χ3n) is 5.22. The van der Waals surface area contributed by atoms with E-state index in [-0.39, 0.29) is 24.9 Å². The quantitative estimate of drug-likeness (QED) is 0.642. The lowest BCUT2D eigenvalue weighted by molar-refractivity contribution is -0.130. The van der Waals surface area contributed by atoms with Crippen LogP contribution in [0.4, 0.5) is 4.79 Å². The SMILES string of the molecule is CCOc1ccc(CN2CCCC(CNC(=O)CN3C(=O)CN(C)C3=O)C2)cn1. The van der Waals surface area contributed by atoms with E-state index in [4.69, 9.17) is 4.74 Å². The molecule has 1 unspecified atom stereocenters. The number of hydrogen-bond acceptors (Lipinski definition) is 6. The molecule has 3 rings (SSSR count). The van der Waals surface area contributed by atoms with Crippen molar-refractivity contribution in [2.45, 2.75) is 26.3 Å². The van der Waals surface area contributed by atoms with Gasteiger partial charge in [-0.05, 0) is 37.8 Å². The number of nitrogens with zero attached hydrogens (tertiary/aromatic N) is 4. The van der Waals surface area contributed by atoms with Gasteiger partial charge in [-0.2, -0.15) is 0 Å². The molecule has 2 fully saturated rings. The minimum Gasteiger partial charge on any atom is -0.478 e. The lowest BCUT2D eigenvalue weighted by Crippen LogP contribution is -2.44. The molecule has 29 heavy (non-hydrogen) atoms. The summed E-state index contributed by atoms with van der Waals surface area (Å²) in [6.45, 7) is 5.61. The number of piperidine rings is 1. The van der Waals surface area contributed by atoms with Crippen molar-refractivity contribution in [3.8, 4) is 5.88 Å². The van der Waals surface area contributed by atoms with E-state index in [0.717, 1.165) is 42.9 Å². The first-order chi connectivity index (χ1) is 14.0. The van der Waals surface area contributed by atoms with E-state index in [2.05, 4.69) is 15.2 Å². The van der Waals surface area contributed by atoms with E-state index in [0.29, 0.717) is 24.9 Å². The highest BCUT2D eigenvalue weighted by atomic mass is 16.5. The molecule has 1 aromatic rings. The summed E-state index contributed by atoms with van der Waals surface area (Å²) in [7, 11) is 1.55. The fourth-order valence-corrected chi connectivity index (χ4v) is 3.74. The maximum Gasteiger partial charge on any atom is 0.327 e. The molecule has 158 valence electrons. The van der Waals surface area contributed by atoms with Crippen molar-refractivity contribution in [2.75, 3.05) is 46.4 Å². The second kappa shape index (κ2) is 9.69. The molecule has 0 aliphatic carbocycles. The smallest absolute Gasteiger partial charge is 0.327 e. The first-order valence-electron chi connectivity index (χ1n) is 10.1. The van der Waals surface area contributed by atoms with E-state index >= 15 is 0 Å². The maximum atomic E-state index is 12.2. The molecule has 2 aliphatic rings. The summed E-state index contributed by atoms with van der Waals surface area (Å²) in [5.41, 5.74) is 1.13. The zero-order chi connectivity index (χ0) is 20.8. The Morgan fingerprint density at radius 2 is 2.17 bits per heavy atom. The van der Waals surface area contributed by atoms with Gasteiger partial charge in [0.15, 0.2) is 0 Å². The van der Waals surface area contributed by atoms with Crippen LogP contribution in [0.1, 0.15) is 25.3 Å². The molecule has 1 atom stereocenters. The second-order valence-corrected chi connectivity index (χ2v) is 7.60. The standard InChI is InChI=1S/C20H29N5O4/c1-3-29-18-7-6-16(10-22-18)12-24-8-4-5-15(11-24)9-21-17(26)13-25-19(27)14-23(2)20(25)28/h6-7,10,15H,3-5,8-9,11-14H2,1-2H3,(H,21,26). The first-order valence-corrected chi connectivity index (χ1v) is 10.1. The topological polar surface area (TPSA) is 95.1 Å². The molecule has 2 saturated heterocycles. The Kier molecular flexibility index (Phi) is 7.03. The van der Waals surface area contributed by atoms with Crippen molar-refractivity contribution in [2.24, 2.45) is 5.92 Å². The molecular weight excluding hydrogens is 374 g/mol. The van der Waals surface area contributed by atoms with E-state index in [1.807, 2.05) is 25.3 Å². The van der Waals surface area contributed by atoms with Crippen LogP contribution in [0.25, 0.3) is 0 Å². The summed E-state index contributed by atoms with van der Waals surface area (Å²) in [6, 6.07) is 3.50. The molecular formula is C20H29N5O4. The third-order valence-corrected chi connectivity index (χ3v) is 5.22. The number of nitrogens with one attached hydrogen (secondary N) is 1. The van der Waals surface area contributed by atoms with Crippen LogP contribution in [0.3, 0.4) is 0 Å². The average molecular weight is 403 g/mol. The van der Waals surface area contributed by atoms with Gasteiger partial charge in [-0.15, -0.1) is 0 Å². The predicted molar refractivity (Wildman–Crippen MR) is 106 cm³/mol. The van der Waals surface area contributed by atoms with Gasteiger partial charge in [0.05, 0.1) is 6.61 Å². The Hall–Kier alpha value is -2.68. The minimum atomic E-state index is -0.419. The summed E-state index contributed by atoms with van der Waals surface area (Å²) in [5, 5.41) is 2.88. The molecule has 1 aromatic heterocycles. The van der Waals surface area contributed by atoms with Crippen LogP contribution in [0.2, 0.25) is 0 Å². The predicted octanol–water partition coefficient (Wildman–Crippen LogP) is 0.703. The molecule has 0 radical (unpaired) electrons. The van der Waals surface area contributed by atoms with Gasteiger partial charge in [-0.1, -0.05) is 6.07 Å². The van der Waals surface area contributed by atoms with Crippen LogP contribution in [-0.2, 0) is 16.1 Å². The number of rotatable bonds is 8. The van der Waals surface area contributed by atoms with Crippen molar-refractivity contribution in [1.29, 1.82) is 0 Å². The molecule has 4 amide bonds. The Morgan fingerprint density at radius 1 is 1.34 bits per heavy atom. The monoisotopic (exact) mass is 403 g/mol. The summed E-state index contributed by atoms with van der Waals surface area (Å²) < 4.78 is 5.38. The number of urea groups is 1. The summed E-state index contributed by atoms with van der Waals surface area (Å²) in [5.74, 6) is 0.350. The maximum absolute atomic E-state index is 12.2. The highest BCUT2D eigenvalue weighted by Crippen LogP contribution is 2.19. The summed E-state index contributed by atoms with van der Waals surface area (Å²) in [4.78, 5) is 44.8. The van der Waals surface area contributed by atoms with Crippen LogP contribution in [0, 0.1) is 5.92 Å². The molecule has 0 aromatic carbocycles. The number of aromatic nitrogens is 1. The molecule has 1 N–H and O–H groups in total. The van der Waals surface area contributed by atoms with Gasteiger partial charge in [0.25, 0.3) is 5.91 Å². The number of likely N-dealkylation sites (N-methyl/N-ethyl adjacent to an activating group) is 1. The summed E-state index contributed by atoms with van der Waals surface area (Å²) >= 11 is 0. The molecule has 2 aliphatic heterocycles.